The van der Waals surface area contributed by atoms with Gasteiger partial charge >= 0.3 is 0 Å². The minimum Gasteiger partial charge on any atom is -0.391 e. The zero-order valence-electron chi connectivity index (χ0n) is 14.5. The predicted octanol–water partition coefficient (Wildman–Crippen LogP) is 4.46. The quantitative estimate of drug-likeness (QED) is 0.838. The van der Waals surface area contributed by atoms with Crippen molar-refractivity contribution in [3.05, 3.63) is 60.2 Å². The second-order valence-corrected chi connectivity index (χ2v) is 7.10. The van der Waals surface area contributed by atoms with Crippen LogP contribution < -0.4 is 5.32 Å². The molecule has 2 N–H and O–H groups in total. The molecular weight excluding hydrogens is 318 g/mol. The summed E-state index contributed by atoms with van der Waals surface area (Å²) in [4.78, 5) is 0. The Balaban J connectivity index is 0.00000208. The maximum Gasteiger partial charge on any atom is 0.0696 e. The summed E-state index contributed by atoms with van der Waals surface area (Å²) in [7, 11) is 0. The van der Waals surface area contributed by atoms with E-state index < -0.39 is 0 Å². The molecular formula is C21H28ClNO. The molecule has 1 fully saturated rings. The second kappa shape index (κ2) is 8.66. The van der Waals surface area contributed by atoms with Crippen molar-refractivity contribution in [2.45, 2.75) is 51.3 Å². The van der Waals surface area contributed by atoms with Crippen LogP contribution in [0.5, 0.6) is 0 Å². The maximum atomic E-state index is 10.2. The van der Waals surface area contributed by atoms with Gasteiger partial charge < -0.3 is 10.4 Å². The third-order valence-electron chi connectivity index (χ3n) is 4.76. The molecule has 0 unspecified atom stereocenters. The molecule has 2 aromatic rings. The van der Waals surface area contributed by atoms with Crippen molar-refractivity contribution in [3.63, 3.8) is 0 Å². The van der Waals surface area contributed by atoms with E-state index in [1.165, 1.54) is 16.7 Å². The van der Waals surface area contributed by atoms with Crippen molar-refractivity contribution in [2.24, 2.45) is 5.92 Å². The highest BCUT2D eigenvalue weighted by molar-refractivity contribution is 5.85. The van der Waals surface area contributed by atoms with E-state index in [-0.39, 0.29) is 24.6 Å². The Bertz CT molecular complexity index is 611. The molecule has 3 atom stereocenters. The number of aliphatic hydroxyl groups is 1. The molecule has 3 heteroatoms. The molecule has 0 aliphatic heterocycles. The molecule has 0 heterocycles. The van der Waals surface area contributed by atoms with Gasteiger partial charge in [0.2, 0.25) is 0 Å². The highest BCUT2D eigenvalue weighted by Crippen LogP contribution is 2.30. The van der Waals surface area contributed by atoms with Gasteiger partial charge in [0.15, 0.2) is 0 Å². The fourth-order valence-corrected chi connectivity index (χ4v) is 3.69. The summed E-state index contributed by atoms with van der Waals surface area (Å²) >= 11 is 0. The molecule has 0 aromatic heterocycles. The van der Waals surface area contributed by atoms with Crippen molar-refractivity contribution < 1.29 is 5.11 Å². The third kappa shape index (κ3) is 4.83. The van der Waals surface area contributed by atoms with Gasteiger partial charge in [-0.3, -0.25) is 0 Å². The number of hydrogen-bond donors (Lipinski definition) is 2. The largest absolute Gasteiger partial charge is 0.391 e. The molecule has 1 aliphatic carbocycles. The van der Waals surface area contributed by atoms with Crippen LogP contribution in [0.15, 0.2) is 54.6 Å². The van der Waals surface area contributed by atoms with Crippen molar-refractivity contribution in [1.29, 1.82) is 0 Å². The first-order valence-electron chi connectivity index (χ1n) is 8.70. The molecule has 0 spiro atoms. The second-order valence-electron chi connectivity index (χ2n) is 7.10. The van der Waals surface area contributed by atoms with Gasteiger partial charge in [0.1, 0.15) is 0 Å². The van der Waals surface area contributed by atoms with E-state index in [4.69, 9.17) is 0 Å². The maximum absolute atomic E-state index is 10.2. The smallest absolute Gasteiger partial charge is 0.0696 e. The van der Waals surface area contributed by atoms with Crippen LogP contribution in [0, 0.1) is 5.92 Å². The summed E-state index contributed by atoms with van der Waals surface area (Å²) in [5, 5.41) is 13.7. The van der Waals surface area contributed by atoms with E-state index in [0.717, 1.165) is 19.3 Å². The predicted molar refractivity (Wildman–Crippen MR) is 104 cm³/mol. The zero-order valence-corrected chi connectivity index (χ0v) is 15.3. The van der Waals surface area contributed by atoms with Gasteiger partial charge in [-0.2, -0.15) is 0 Å². The fraction of sp³-hybridized carbons (Fsp3) is 0.429. The molecule has 2 nitrogen and oxygen atoms in total. The Morgan fingerprint density at radius 2 is 1.58 bits per heavy atom. The number of hydrogen-bond acceptors (Lipinski definition) is 2. The fourth-order valence-electron chi connectivity index (χ4n) is 3.69. The van der Waals surface area contributed by atoms with E-state index in [1.807, 2.05) is 6.07 Å². The van der Waals surface area contributed by atoms with Crippen LogP contribution in [0.2, 0.25) is 0 Å². The first-order chi connectivity index (χ1) is 11.1. The molecule has 0 radical (unpaired) electrons. The standard InChI is InChI=1S/C21H27NO.ClH/c1-15(2)22-20-13-17(14-21(20)23)12-16-8-10-19(11-9-16)18-6-4-3-5-7-18;/h3-11,15,17,20-23H,12-14H2,1-2H3;1H/t17-,20+,21+;/m1./s1. The van der Waals surface area contributed by atoms with Crippen molar-refractivity contribution in [2.75, 3.05) is 0 Å². The lowest BCUT2D eigenvalue weighted by Gasteiger charge is -2.19. The van der Waals surface area contributed by atoms with Crippen LogP contribution in [-0.4, -0.2) is 23.3 Å². The topological polar surface area (TPSA) is 32.3 Å². The van der Waals surface area contributed by atoms with Crippen LogP contribution >= 0.6 is 12.4 Å². The Morgan fingerprint density at radius 1 is 0.958 bits per heavy atom. The molecule has 24 heavy (non-hydrogen) atoms. The molecule has 0 amide bonds. The SMILES string of the molecule is CC(C)N[C@H]1C[C@@H](Cc2ccc(-c3ccccc3)cc2)C[C@@H]1O.Cl. The summed E-state index contributed by atoms with van der Waals surface area (Å²) in [5.74, 6) is 0.573. The number of benzene rings is 2. The van der Waals surface area contributed by atoms with Gasteiger partial charge in [-0.15, -0.1) is 12.4 Å². The lowest BCUT2D eigenvalue weighted by molar-refractivity contribution is 0.143. The molecule has 0 saturated heterocycles. The van der Waals surface area contributed by atoms with Crippen LogP contribution in [0.25, 0.3) is 11.1 Å². The van der Waals surface area contributed by atoms with Gasteiger partial charge in [-0.05, 0) is 41.9 Å². The summed E-state index contributed by atoms with van der Waals surface area (Å²) in [5.41, 5.74) is 3.89. The Kier molecular flexibility index (Phi) is 6.85. The molecule has 1 aliphatic rings. The van der Waals surface area contributed by atoms with Crippen LogP contribution in [0.1, 0.15) is 32.3 Å². The average Bonchev–Trinajstić information content (AvgIpc) is 2.88. The highest BCUT2D eigenvalue weighted by Gasteiger charge is 2.32. The Labute approximate surface area is 151 Å². The van der Waals surface area contributed by atoms with Gasteiger partial charge in [-0.1, -0.05) is 68.4 Å². The molecule has 130 valence electrons. The van der Waals surface area contributed by atoms with Crippen molar-refractivity contribution in [1.82, 2.24) is 5.32 Å². The van der Waals surface area contributed by atoms with E-state index in [9.17, 15) is 5.11 Å². The molecule has 1 saturated carbocycles. The van der Waals surface area contributed by atoms with Gasteiger partial charge in [0, 0.05) is 12.1 Å². The lowest BCUT2D eigenvalue weighted by Crippen LogP contribution is -2.39. The molecule has 0 bridgehead atoms. The number of halogens is 1. The number of rotatable bonds is 5. The van der Waals surface area contributed by atoms with Gasteiger partial charge in [0.05, 0.1) is 6.10 Å². The zero-order chi connectivity index (χ0) is 16.2. The first kappa shape index (κ1) is 19.0. The summed E-state index contributed by atoms with van der Waals surface area (Å²) < 4.78 is 0. The van der Waals surface area contributed by atoms with Crippen molar-refractivity contribution in [3.8, 4) is 11.1 Å². The van der Waals surface area contributed by atoms with Gasteiger partial charge in [-0.25, -0.2) is 0 Å². The lowest BCUT2D eigenvalue weighted by atomic mass is 9.96. The van der Waals surface area contributed by atoms with E-state index in [2.05, 4.69) is 67.7 Å². The van der Waals surface area contributed by atoms with Gasteiger partial charge in [0.25, 0.3) is 0 Å². The van der Waals surface area contributed by atoms with Crippen LogP contribution in [-0.2, 0) is 6.42 Å². The average molecular weight is 346 g/mol. The van der Waals surface area contributed by atoms with Crippen molar-refractivity contribution >= 4 is 12.4 Å². The van der Waals surface area contributed by atoms with Crippen LogP contribution in [0.4, 0.5) is 0 Å². The Hall–Kier alpha value is -1.35. The van der Waals surface area contributed by atoms with Crippen LogP contribution in [0.3, 0.4) is 0 Å². The third-order valence-corrected chi connectivity index (χ3v) is 4.76. The van der Waals surface area contributed by atoms with E-state index in [1.54, 1.807) is 0 Å². The summed E-state index contributed by atoms with van der Waals surface area (Å²) in [6.07, 6.45) is 2.83. The summed E-state index contributed by atoms with van der Waals surface area (Å²) in [6, 6.07) is 20.0. The summed E-state index contributed by atoms with van der Waals surface area (Å²) in [6.45, 7) is 4.28. The minimum atomic E-state index is -0.203. The number of aliphatic hydroxyl groups excluding tert-OH is 1. The molecule has 2 aromatic carbocycles. The normalized spacial score (nSPS) is 23.2. The van der Waals surface area contributed by atoms with E-state index >= 15 is 0 Å². The monoisotopic (exact) mass is 345 g/mol. The number of nitrogens with one attached hydrogen (secondary N) is 1. The minimum absolute atomic E-state index is 0. The molecule has 3 rings (SSSR count). The Morgan fingerprint density at radius 3 is 2.21 bits per heavy atom. The highest BCUT2D eigenvalue weighted by atomic mass is 35.5. The first-order valence-corrected chi connectivity index (χ1v) is 8.70. The van der Waals surface area contributed by atoms with E-state index in [0.29, 0.717) is 12.0 Å².